The zero-order chi connectivity index (χ0) is 22.1. The van der Waals surface area contributed by atoms with E-state index in [2.05, 4.69) is 20.4 Å². The van der Waals surface area contributed by atoms with E-state index in [1.54, 1.807) is 22.9 Å². The minimum Gasteiger partial charge on any atom is -0.298 e. The van der Waals surface area contributed by atoms with Gasteiger partial charge in [-0.1, -0.05) is 12.1 Å². The molecule has 1 amide bonds. The van der Waals surface area contributed by atoms with Gasteiger partial charge in [0, 0.05) is 22.7 Å². The van der Waals surface area contributed by atoms with Crippen LogP contribution in [0.2, 0.25) is 0 Å². The number of hydrogen-bond acceptors (Lipinski definition) is 5. The summed E-state index contributed by atoms with van der Waals surface area (Å²) in [4.78, 5) is 22.1. The normalized spacial score (nSPS) is 11.2. The number of thiazole rings is 1. The number of aromatic nitrogens is 4. The third kappa shape index (κ3) is 4.25. The molecule has 0 aliphatic carbocycles. The molecule has 0 aliphatic heterocycles. The van der Waals surface area contributed by atoms with Crippen LogP contribution in [-0.2, 0) is 0 Å². The summed E-state index contributed by atoms with van der Waals surface area (Å²) in [6.07, 6.45) is 1.47. The van der Waals surface area contributed by atoms with Crippen molar-refractivity contribution in [1.82, 2.24) is 19.7 Å². The molecule has 0 radical (unpaired) electrons. The lowest BCUT2D eigenvalue weighted by molar-refractivity contribution is 0.102. The Kier molecular flexibility index (Phi) is 5.65. The van der Waals surface area contributed by atoms with Crippen LogP contribution in [0.5, 0.6) is 0 Å². The van der Waals surface area contributed by atoms with E-state index in [1.165, 1.54) is 23.6 Å². The number of carbonyl (C=O) groups is 1. The monoisotopic (exact) mass is 435 g/mol. The van der Waals surface area contributed by atoms with E-state index >= 15 is 0 Å². The molecule has 0 saturated heterocycles. The molecule has 3 aromatic heterocycles. The number of halogens is 1. The van der Waals surface area contributed by atoms with E-state index < -0.39 is 5.82 Å². The fraction of sp³-hybridized carbons (Fsp3) is 0.217. The summed E-state index contributed by atoms with van der Waals surface area (Å²) in [6.45, 7) is 7.80. The van der Waals surface area contributed by atoms with E-state index in [9.17, 15) is 9.18 Å². The molecule has 6 nitrogen and oxygen atoms in total. The molecule has 4 rings (SSSR count). The summed E-state index contributed by atoms with van der Waals surface area (Å²) in [5, 5.41) is 9.45. The van der Waals surface area contributed by atoms with Gasteiger partial charge < -0.3 is 0 Å². The lowest BCUT2D eigenvalue weighted by Crippen LogP contribution is -2.14. The standard InChI is InChI=1S/C23H22FN5OS/c1-13(2)29-21(16-7-5-6-8-18(16)24)17(11-25-29)22(30)28-23-27-20(12-31-23)19-10-14(3)9-15(4)26-19/h5-13H,1-4H3,(H,27,28,30). The molecule has 8 heteroatoms. The maximum Gasteiger partial charge on any atom is 0.261 e. The minimum atomic E-state index is -0.406. The van der Waals surface area contributed by atoms with Crippen LogP contribution in [-0.4, -0.2) is 25.7 Å². The number of nitrogens with zero attached hydrogens (tertiary/aromatic N) is 4. The molecule has 0 unspecified atom stereocenters. The Morgan fingerprint density at radius 2 is 1.90 bits per heavy atom. The summed E-state index contributed by atoms with van der Waals surface area (Å²) in [6, 6.07) is 10.3. The molecule has 1 N–H and O–H groups in total. The summed E-state index contributed by atoms with van der Waals surface area (Å²) in [7, 11) is 0. The number of rotatable bonds is 5. The van der Waals surface area contributed by atoms with Crippen molar-refractivity contribution < 1.29 is 9.18 Å². The molecule has 158 valence electrons. The third-order valence-corrected chi connectivity index (χ3v) is 5.50. The second-order valence-corrected chi connectivity index (χ2v) is 8.45. The first kappa shape index (κ1) is 20.9. The van der Waals surface area contributed by atoms with Gasteiger partial charge in [0.05, 0.1) is 23.1 Å². The van der Waals surface area contributed by atoms with Crippen molar-refractivity contribution in [3.8, 4) is 22.6 Å². The number of aryl methyl sites for hydroxylation is 2. The van der Waals surface area contributed by atoms with Gasteiger partial charge in [-0.05, 0) is 57.5 Å². The number of carbonyl (C=O) groups excluding carboxylic acids is 1. The molecular weight excluding hydrogens is 413 g/mol. The summed E-state index contributed by atoms with van der Waals surface area (Å²) in [5.74, 6) is -0.796. The SMILES string of the molecule is Cc1cc(C)nc(-c2csc(NC(=O)c3cnn(C(C)C)c3-c3ccccc3F)n2)c1. The maximum absolute atomic E-state index is 14.5. The van der Waals surface area contributed by atoms with Gasteiger partial charge in [-0.3, -0.25) is 19.8 Å². The van der Waals surface area contributed by atoms with E-state index in [0.717, 1.165) is 17.0 Å². The second kappa shape index (κ2) is 8.39. The summed E-state index contributed by atoms with van der Waals surface area (Å²) in [5.41, 5.74) is 4.52. The average Bonchev–Trinajstić information content (AvgIpc) is 3.35. The van der Waals surface area contributed by atoms with Crippen molar-refractivity contribution in [3.63, 3.8) is 0 Å². The Hall–Kier alpha value is -3.39. The van der Waals surface area contributed by atoms with Crippen LogP contribution >= 0.6 is 11.3 Å². The Labute approximate surface area is 183 Å². The molecule has 4 aromatic rings. The Balaban J connectivity index is 1.66. The topological polar surface area (TPSA) is 72.7 Å². The largest absolute Gasteiger partial charge is 0.298 e. The van der Waals surface area contributed by atoms with Crippen LogP contribution < -0.4 is 5.32 Å². The second-order valence-electron chi connectivity index (χ2n) is 7.59. The van der Waals surface area contributed by atoms with Gasteiger partial charge in [-0.25, -0.2) is 9.37 Å². The van der Waals surface area contributed by atoms with Gasteiger partial charge in [-0.15, -0.1) is 11.3 Å². The van der Waals surface area contributed by atoms with Gasteiger partial charge >= 0.3 is 0 Å². The molecule has 1 aromatic carbocycles. The fourth-order valence-corrected chi connectivity index (χ4v) is 4.13. The summed E-state index contributed by atoms with van der Waals surface area (Å²) < 4.78 is 16.2. The minimum absolute atomic E-state index is 0.0433. The maximum atomic E-state index is 14.5. The van der Waals surface area contributed by atoms with Crippen molar-refractivity contribution in [2.45, 2.75) is 33.7 Å². The van der Waals surface area contributed by atoms with Crippen LogP contribution in [0.15, 0.2) is 48.0 Å². The van der Waals surface area contributed by atoms with Gasteiger partial charge in [-0.2, -0.15) is 5.10 Å². The third-order valence-electron chi connectivity index (χ3n) is 4.74. The quantitative estimate of drug-likeness (QED) is 0.439. The number of hydrogen-bond donors (Lipinski definition) is 1. The number of amides is 1. The van der Waals surface area contributed by atoms with E-state index in [-0.39, 0.29) is 11.9 Å². The van der Waals surface area contributed by atoms with Crippen molar-refractivity contribution in [2.24, 2.45) is 0 Å². The number of pyridine rings is 1. The van der Waals surface area contributed by atoms with Crippen LogP contribution in [0.3, 0.4) is 0 Å². The lowest BCUT2D eigenvalue weighted by Gasteiger charge is -2.13. The van der Waals surface area contributed by atoms with Crippen LogP contribution in [0, 0.1) is 19.7 Å². The highest BCUT2D eigenvalue weighted by Gasteiger charge is 2.23. The zero-order valence-electron chi connectivity index (χ0n) is 17.7. The van der Waals surface area contributed by atoms with Gasteiger partial charge in [0.25, 0.3) is 5.91 Å². The van der Waals surface area contributed by atoms with Crippen LogP contribution in [0.4, 0.5) is 9.52 Å². The van der Waals surface area contributed by atoms with Crippen LogP contribution in [0.25, 0.3) is 22.6 Å². The Morgan fingerprint density at radius 3 is 2.61 bits per heavy atom. The van der Waals surface area contributed by atoms with Gasteiger partial charge in [0.1, 0.15) is 11.5 Å². The highest BCUT2D eigenvalue weighted by molar-refractivity contribution is 7.14. The Morgan fingerprint density at radius 1 is 1.13 bits per heavy atom. The molecule has 0 bridgehead atoms. The fourth-order valence-electron chi connectivity index (χ4n) is 3.43. The van der Waals surface area contributed by atoms with Crippen molar-refractivity contribution in [2.75, 3.05) is 5.32 Å². The van der Waals surface area contributed by atoms with E-state index in [0.29, 0.717) is 27.6 Å². The van der Waals surface area contributed by atoms with E-state index in [1.807, 2.05) is 45.2 Å². The number of benzene rings is 1. The first-order valence-electron chi connectivity index (χ1n) is 9.88. The highest BCUT2D eigenvalue weighted by atomic mass is 32.1. The zero-order valence-corrected chi connectivity index (χ0v) is 18.5. The molecule has 0 fully saturated rings. The lowest BCUT2D eigenvalue weighted by atomic mass is 10.1. The van der Waals surface area contributed by atoms with E-state index in [4.69, 9.17) is 0 Å². The first-order chi connectivity index (χ1) is 14.8. The molecule has 0 atom stereocenters. The van der Waals surface area contributed by atoms with Gasteiger partial charge in [0.15, 0.2) is 5.13 Å². The molecule has 31 heavy (non-hydrogen) atoms. The smallest absolute Gasteiger partial charge is 0.261 e. The number of nitrogens with one attached hydrogen (secondary N) is 1. The van der Waals surface area contributed by atoms with Crippen molar-refractivity contribution in [3.05, 3.63) is 70.6 Å². The van der Waals surface area contributed by atoms with Crippen LogP contribution in [0.1, 0.15) is 41.5 Å². The molecule has 0 spiro atoms. The predicted molar refractivity (Wildman–Crippen MR) is 121 cm³/mol. The first-order valence-corrected chi connectivity index (χ1v) is 10.8. The molecule has 0 aliphatic rings. The molecule has 0 saturated carbocycles. The molecular formula is C23H22FN5OS. The number of anilines is 1. The average molecular weight is 436 g/mol. The van der Waals surface area contributed by atoms with Gasteiger partial charge in [0.2, 0.25) is 0 Å². The predicted octanol–water partition coefficient (Wildman–Crippen LogP) is 5.66. The highest BCUT2D eigenvalue weighted by Crippen LogP contribution is 2.30. The van der Waals surface area contributed by atoms with Crippen molar-refractivity contribution >= 4 is 22.4 Å². The Bertz CT molecular complexity index is 1240. The van der Waals surface area contributed by atoms with Crippen molar-refractivity contribution in [1.29, 1.82) is 0 Å². The summed E-state index contributed by atoms with van der Waals surface area (Å²) >= 11 is 1.31. The molecule has 3 heterocycles.